The number of carbonyl (C=O) groups excluding carboxylic acids is 1. The number of methoxy groups -OCH3 is 1. The van der Waals surface area contributed by atoms with Crippen molar-refractivity contribution in [1.82, 2.24) is 9.29 Å². The minimum atomic E-state index is -3.72. The Bertz CT molecular complexity index is 920. The molecule has 7 nitrogen and oxygen atoms in total. The zero-order chi connectivity index (χ0) is 18.7. The van der Waals surface area contributed by atoms with Gasteiger partial charge in [0.2, 0.25) is 10.0 Å². The Morgan fingerprint density at radius 2 is 2.15 bits per heavy atom. The van der Waals surface area contributed by atoms with E-state index >= 15 is 0 Å². The number of rotatable bonds is 5. The van der Waals surface area contributed by atoms with Gasteiger partial charge in [-0.1, -0.05) is 6.07 Å². The molecule has 1 aromatic heterocycles. The molecule has 0 aliphatic carbocycles. The van der Waals surface area contributed by atoms with Gasteiger partial charge >= 0.3 is 0 Å². The van der Waals surface area contributed by atoms with Crippen molar-refractivity contribution >= 4 is 21.6 Å². The van der Waals surface area contributed by atoms with Crippen LogP contribution in [0.3, 0.4) is 0 Å². The third-order valence-corrected chi connectivity index (χ3v) is 6.00. The van der Waals surface area contributed by atoms with Crippen LogP contribution < -0.4 is 5.32 Å². The molecule has 9 heteroatoms. The van der Waals surface area contributed by atoms with Crippen molar-refractivity contribution < 1.29 is 22.3 Å². The molecule has 1 aromatic carbocycles. The smallest absolute Gasteiger partial charge is 0.255 e. The number of pyridine rings is 1. The predicted molar refractivity (Wildman–Crippen MR) is 92.8 cm³/mol. The second kappa shape index (κ2) is 7.48. The van der Waals surface area contributed by atoms with Gasteiger partial charge in [-0.25, -0.2) is 12.8 Å². The van der Waals surface area contributed by atoms with Gasteiger partial charge in [0.1, 0.15) is 5.82 Å². The van der Waals surface area contributed by atoms with E-state index in [1.807, 2.05) is 0 Å². The van der Waals surface area contributed by atoms with Crippen LogP contribution >= 0.6 is 0 Å². The van der Waals surface area contributed by atoms with Crippen LogP contribution in [0.25, 0.3) is 0 Å². The first kappa shape index (κ1) is 18.4. The number of sulfonamides is 1. The molecule has 1 saturated heterocycles. The molecular weight excluding hydrogens is 361 g/mol. The molecule has 2 heterocycles. The van der Waals surface area contributed by atoms with Gasteiger partial charge in [-0.15, -0.1) is 0 Å². The van der Waals surface area contributed by atoms with Crippen molar-refractivity contribution in [3.63, 3.8) is 0 Å². The molecule has 0 radical (unpaired) electrons. The lowest BCUT2D eigenvalue weighted by molar-refractivity contribution is 0.102. The van der Waals surface area contributed by atoms with Crippen LogP contribution in [0.2, 0.25) is 0 Å². The molecule has 0 spiro atoms. The molecule has 1 fully saturated rings. The summed E-state index contributed by atoms with van der Waals surface area (Å²) < 4.78 is 45.2. The van der Waals surface area contributed by atoms with E-state index in [0.717, 1.165) is 12.3 Å². The number of carbonyl (C=O) groups is 1. The van der Waals surface area contributed by atoms with Gasteiger partial charge in [-0.3, -0.25) is 9.78 Å². The first-order chi connectivity index (χ1) is 12.4. The summed E-state index contributed by atoms with van der Waals surface area (Å²) in [4.78, 5) is 16.0. The van der Waals surface area contributed by atoms with Crippen molar-refractivity contribution in [2.45, 2.75) is 17.4 Å². The quantitative estimate of drug-likeness (QED) is 0.857. The van der Waals surface area contributed by atoms with Crippen molar-refractivity contribution in [3.8, 4) is 0 Å². The Labute approximate surface area is 150 Å². The number of benzene rings is 1. The zero-order valence-electron chi connectivity index (χ0n) is 14.1. The molecule has 1 amide bonds. The number of aromatic nitrogens is 1. The minimum Gasteiger partial charge on any atom is -0.380 e. The molecule has 2 aromatic rings. The number of halogens is 1. The SMILES string of the molecule is CO[C@H]1CCN(S(=O)(=O)c2cccc(C(=O)Nc3cncc(F)c3)c2)C1. The van der Waals surface area contributed by atoms with Crippen LogP contribution in [-0.2, 0) is 14.8 Å². The monoisotopic (exact) mass is 379 g/mol. The van der Waals surface area contributed by atoms with Gasteiger partial charge in [-0.05, 0) is 24.6 Å². The lowest BCUT2D eigenvalue weighted by Gasteiger charge is -2.16. The fourth-order valence-corrected chi connectivity index (χ4v) is 4.27. The number of nitrogens with one attached hydrogen (secondary N) is 1. The summed E-state index contributed by atoms with van der Waals surface area (Å²) in [6, 6.07) is 6.85. The molecule has 3 rings (SSSR count). The van der Waals surface area contributed by atoms with Gasteiger partial charge in [0, 0.05) is 31.8 Å². The van der Waals surface area contributed by atoms with E-state index in [9.17, 15) is 17.6 Å². The number of hydrogen-bond acceptors (Lipinski definition) is 5. The molecule has 0 bridgehead atoms. The van der Waals surface area contributed by atoms with Crippen molar-refractivity contribution in [3.05, 3.63) is 54.1 Å². The number of hydrogen-bond donors (Lipinski definition) is 1. The van der Waals surface area contributed by atoms with Crippen LogP contribution in [0.1, 0.15) is 16.8 Å². The second-order valence-electron chi connectivity index (χ2n) is 5.88. The average Bonchev–Trinajstić information content (AvgIpc) is 3.12. The Kier molecular flexibility index (Phi) is 5.30. The average molecular weight is 379 g/mol. The van der Waals surface area contributed by atoms with Crippen LogP contribution in [0.15, 0.2) is 47.6 Å². The fraction of sp³-hybridized carbons (Fsp3) is 0.294. The van der Waals surface area contributed by atoms with Crippen LogP contribution in [0, 0.1) is 5.82 Å². The maximum Gasteiger partial charge on any atom is 0.255 e. The van der Waals surface area contributed by atoms with Gasteiger partial charge in [0.25, 0.3) is 5.91 Å². The molecule has 1 N–H and O–H groups in total. The summed E-state index contributed by atoms with van der Waals surface area (Å²) in [7, 11) is -2.17. The van der Waals surface area contributed by atoms with E-state index in [0.29, 0.717) is 13.0 Å². The van der Waals surface area contributed by atoms with Crippen molar-refractivity contribution in [1.29, 1.82) is 0 Å². The van der Waals surface area contributed by atoms with Crippen LogP contribution in [0.5, 0.6) is 0 Å². The van der Waals surface area contributed by atoms with E-state index in [2.05, 4.69) is 10.3 Å². The Morgan fingerprint density at radius 3 is 2.85 bits per heavy atom. The number of anilines is 1. The summed E-state index contributed by atoms with van der Waals surface area (Å²) in [6.07, 6.45) is 2.82. The van der Waals surface area contributed by atoms with E-state index < -0.39 is 21.7 Å². The van der Waals surface area contributed by atoms with Crippen molar-refractivity contribution in [2.24, 2.45) is 0 Å². The largest absolute Gasteiger partial charge is 0.380 e. The zero-order valence-corrected chi connectivity index (χ0v) is 14.9. The summed E-state index contributed by atoms with van der Waals surface area (Å²) in [5, 5.41) is 2.49. The highest BCUT2D eigenvalue weighted by atomic mass is 32.2. The molecule has 138 valence electrons. The predicted octanol–water partition coefficient (Wildman–Crippen LogP) is 1.88. The standard InChI is InChI=1S/C17H18FN3O4S/c1-25-15-5-6-21(11-15)26(23,24)16-4-2-3-12(7-16)17(22)20-14-8-13(18)9-19-10-14/h2-4,7-10,15H,5-6,11H2,1H3,(H,20,22)/t15-/m0/s1. The molecule has 1 atom stereocenters. The lowest BCUT2D eigenvalue weighted by atomic mass is 10.2. The maximum atomic E-state index is 13.2. The summed E-state index contributed by atoms with van der Waals surface area (Å²) >= 11 is 0. The summed E-state index contributed by atoms with van der Waals surface area (Å²) in [5.74, 6) is -1.13. The van der Waals surface area contributed by atoms with E-state index in [-0.39, 0.29) is 28.8 Å². The number of amides is 1. The van der Waals surface area contributed by atoms with Crippen molar-refractivity contribution in [2.75, 3.05) is 25.5 Å². The van der Waals surface area contributed by atoms with Crippen LogP contribution in [-0.4, -0.2) is 49.9 Å². The van der Waals surface area contributed by atoms with Gasteiger partial charge in [0.15, 0.2) is 0 Å². The summed E-state index contributed by atoms with van der Waals surface area (Å²) in [6.45, 7) is 0.649. The first-order valence-corrected chi connectivity index (χ1v) is 9.39. The Hall–Kier alpha value is -2.36. The Balaban J connectivity index is 1.80. The third-order valence-electron chi connectivity index (χ3n) is 4.14. The van der Waals surface area contributed by atoms with Gasteiger partial charge in [-0.2, -0.15) is 4.31 Å². The highest BCUT2D eigenvalue weighted by Crippen LogP contribution is 2.23. The highest BCUT2D eigenvalue weighted by Gasteiger charge is 2.32. The molecular formula is C17H18FN3O4S. The minimum absolute atomic E-state index is 0.0271. The third kappa shape index (κ3) is 3.90. The second-order valence-corrected chi connectivity index (χ2v) is 7.82. The Morgan fingerprint density at radius 1 is 1.35 bits per heavy atom. The normalized spacial score (nSPS) is 18.0. The van der Waals surface area contributed by atoms with Gasteiger partial charge < -0.3 is 10.1 Å². The van der Waals surface area contributed by atoms with Crippen LogP contribution in [0.4, 0.5) is 10.1 Å². The maximum absolute atomic E-state index is 13.2. The highest BCUT2D eigenvalue weighted by molar-refractivity contribution is 7.89. The van der Waals surface area contributed by atoms with E-state index in [1.165, 1.54) is 34.8 Å². The van der Waals surface area contributed by atoms with E-state index in [4.69, 9.17) is 4.74 Å². The first-order valence-electron chi connectivity index (χ1n) is 7.95. The summed E-state index contributed by atoms with van der Waals surface area (Å²) in [5.41, 5.74) is 0.337. The van der Waals surface area contributed by atoms with Gasteiger partial charge in [0.05, 0.1) is 29.1 Å². The topological polar surface area (TPSA) is 88.6 Å². The number of ether oxygens (including phenoxy) is 1. The fourth-order valence-electron chi connectivity index (χ4n) is 2.74. The number of nitrogens with zero attached hydrogens (tertiary/aromatic N) is 2. The molecule has 0 saturated carbocycles. The van der Waals surface area contributed by atoms with E-state index in [1.54, 1.807) is 7.11 Å². The molecule has 0 unspecified atom stereocenters. The molecule has 1 aliphatic heterocycles. The lowest BCUT2D eigenvalue weighted by Crippen LogP contribution is -2.30. The molecule has 26 heavy (non-hydrogen) atoms. The molecule has 1 aliphatic rings.